The number of fused-ring (bicyclic) bond motifs is 2. The maximum atomic E-state index is 10.7. The summed E-state index contributed by atoms with van der Waals surface area (Å²) in [5.41, 5.74) is 4.70. The summed E-state index contributed by atoms with van der Waals surface area (Å²) in [5.74, 6) is 0.151. The number of carboxylic acids is 1. The second-order valence-electron chi connectivity index (χ2n) is 6.30. The monoisotopic (exact) mass is 337 g/mol. The fourth-order valence-electron chi connectivity index (χ4n) is 3.07. The summed E-state index contributed by atoms with van der Waals surface area (Å²) in [4.78, 5) is 12.7. The van der Waals surface area contributed by atoms with Crippen LogP contribution < -0.4 is 4.74 Å². The van der Waals surface area contributed by atoms with Gasteiger partial charge in [0.2, 0.25) is 0 Å². The summed E-state index contributed by atoms with van der Waals surface area (Å²) in [6.45, 7) is 1.96. The number of nitrogens with zero attached hydrogens (tertiary/aromatic N) is 1. The molecular weight excluding hydrogens is 314 g/mol. The minimum Gasteiger partial charge on any atom is -0.488 e. The molecule has 0 radical (unpaired) electrons. The molecule has 0 unspecified atom stereocenters. The van der Waals surface area contributed by atoms with Crippen LogP contribution in [0.3, 0.4) is 0 Å². The van der Waals surface area contributed by atoms with Gasteiger partial charge in [-0.05, 0) is 36.2 Å². The van der Waals surface area contributed by atoms with Gasteiger partial charge >= 0.3 is 5.97 Å². The van der Waals surface area contributed by atoms with Crippen molar-refractivity contribution in [3.05, 3.63) is 71.3 Å². The van der Waals surface area contributed by atoms with Crippen LogP contribution in [-0.2, 0) is 11.4 Å². The van der Waals surface area contributed by atoms with Gasteiger partial charge in [-0.15, -0.1) is 0 Å². The molecule has 1 heterocycles. The number of para-hydroxylation sites is 1. The summed E-state index contributed by atoms with van der Waals surface area (Å²) in [5, 5.41) is 8.79. The van der Waals surface area contributed by atoms with Gasteiger partial charge < -0.3 is 14.7 Å². The largest absolute Gasteiger partial charge is 0.488 e. The molecule has 2 aromatic rings. The minimum absolute atomic E-state index is 0.173. The lowest BCUT2D eigenvalue weighted by Gasteiger charge is -2.15. The molecule has 1 aliphatic rings. The molecule has 0 aromatic heterocycles. The van der Waals surface area contributed by atoms with Gasteiger partial charge in [0, 0.05) is 18.7 Å². The highest BCUT2D eigenvalue weighted by Crippen LogP contribution is 2.36. The lowest BCUT2D eigenvalue weighted by molar-refractivity contribution is -0.137. The molecule has 0 bridgehead atoms. The van der Waals surface area contributed by atoms with Crippen LogP contribution in [0.2, 0.25) is 0 Å². The highest BCUT2D eigenvalue weighted by atomic mass is 16.5. The highest BCUT2D eigenvalue weighted by Gasteiger charge is 2.18. The van der Waals surface area contributed by atoms with Crippen LogP contribution in [0, 0.1) is 0 Å². The normalized spacial score (nSPS) is 14.6. The first-order valence-electron chi connectivity index (χ1n) is 8.56. The van der Waals surface area contributed by atoms with Crippen LogP contribution in [0.1, 0.15) is 29.5 Å². The number of rotatable bonds is 6. The summed E-state index contributed by atoms with van der Waals surface area (Å²) in [6, 6.07) is 16.5. The van der Waals surface area contributed by atoms with E-state index in [-0.39, 0.29) is 6.42 Å². The third-order valence-electron chi connectivity index (χ3n) is 4.43. The zero-order valence-corrected chi connectivity index (χ0v) is 14.4. The molecule has 0 spiro atoms. The van der Waals surface area contributed by atoms with E-state index in [0.717, 1.165) is 24.3 Å². The lowest BCUT2D eigenvalue weighted by atomic mass is 9.93. The summed E-state index contributed by atoms with van der Waals surface area (Å²) < 4.78 is 5.98. The van der Waals surface area contributed by atoms with E-state index < -0.39 is 5.97 Å². The van der Waals surface area contributed by atoms with Gasteiger partial charge in [-0.3, -0.25) is 4.79 Å². The smallest absolute Gasteiger partial charge is 0.304 e. The first-order valence-corrected chi connectivity index (χ1v) is 8.56. The Bertz CT molecular complexity index is 733. The van der Waals surface area contributed by atoms with Crippen molar-refractivity contribution >= 4 is 11.5 Å². The average Bonchev–Trinajstić information content (AvgIpc) is 2.78. The number of hydrogen-bond donors (Lipinski definition) is 1. The topological polar surface area (TPSA) is 49.8 Å². The molecule has 4 heteroatoms. The quantitative estimate of drug-likeness (QED) is 0.871. The number of carbonyl (C=O) groups is 1. The second kappa shape index (κ2) is 7.99. The Hall–Kier alpha value is -2.59. The van der Waals surface area contributed by atoms with Gasteiger partial charge in [0.15, 0.2) is 0 Å². The Labute approximate surface area is 148 Å². The number of aliphatic carboxylic acids is 1. The SMILES string of the molecule is CN(CC/C=C1\c2ccccc2COc2ccccc21)CCC(=O)O. The van der Waals surface area contributed by atoms with Gasteiger partial charge in [-0.2, -0.15) is 0 Å². The molecule has 2 aromatic carbocycles. The number of hydrogen-bond acceptors (Lipinski definition) is 3. The van der Waals surface area contributed by atoms with Crippen molar-refractivity contribution in [1.29, 1.82) is 0 Å². The van der Waals surface area contributed by atoms with E-state index in [9.17, 15) is 4.79 Å². The predicted octanol–water partition coefficient (Wildman–Crippen LogP) is 3.81. The summed E-state index contributed by atoms with van der Waals surface area (Å²) >= 11 is 0. The molecule has 1 aliphatic heterocycles. The van der Waals surface area contributed by atoms with Crippen LogP contribution in [0.4, 0.5) is 0 Å². The van der Waals surface area contributed by atoms with Crippen LogP contribution in [0.25, 0.3) is 5.57 Å². The second-order valence-corrected chi connectivity index (χ2v) is 6.30. The molecule has 0 saturated carbocycles. The molecule has 0 atom stereocenters. The third kappa shape index (κ3) is 4.28. The van der Waals surface area contributed by atoms with Gasteiger partial charge in [-0.1, -0.05) is 48.5 Å². The fourth-order valence-corrected chi connectivity index (χ4v) is 3.07. The molecule has 25 heavy (non-hydrogen) atoms. The van der Waals surface area contributed by atoms with E-state index in [0.29, 0.717) is 13.2 Å². The van der Waals surface area contributed by atoms with Crippen molar-refractivity contribution < 1.29 is 14.6 Å². The molecule has 1 N–H and O–H groups in total. The van der Waals surface area contributed by atoms with Crippen molar-refractivity contribution in [2.45, 2.75) is 19.4 Å². The first kappa shape index (κ1) is 17.2. The van der Waals surface area contributed by atoms with Crippen LogP contribution in [0.5, 0.6) is 5.75 Å². The summed E-state index contributed by atoms with van der Waals surface area (Å²) in [6.07, 6.45) is 3.27. The van der Waals surface area contributed by atoms with Crippen LogP contribution in [-0.4, -0.2) is 36.1 Å². The molecule has 0 amide bonds. The molecule has 4 nitrogen and oxygen atoms in total. The van der Waals surface area contributed by atoms with E-state index in [1.807, 2.05) is 31.3 Å². The summed E-state index contributed by atoms with van der Waals surface area (Å²) in [7, 11) is 1.96. The van der Waals surface area contributed by atoms with E-state index in [1.165, 1.54) is 16.7 Å². The molecule has 0 fully saturated rings. The standard InChI is InChI=1S/C21H23NO3/c1-22(14-12-21(23)24)13-6-10-18-17-8-3-2-7-16(17)15-25-20-11-5-4-9-19(18)20/h2-5,7-11H,6,12-15H2,1H3,(H,23,24)/b18-10+. The number of ether oxygens (including phenoxy) is 1. The van der Waals surface area contributed by atoms with Gasteiger partial charge in [0.05, 0.1) is 6.42 Å². The van der Waals surface area contributed by atoms with E-state index >= 15 is 0 Å². The van der Waals surface area contributed by atoms with Crippen molar-refractivity contribution in [2.75, 3.05) is 20.1 Å². The molecule has 130 valence electrons. The molecule has 0 saturated heterocycles. The maximum absolute atomic E-state index is 10.7. The Morgan fingerprint density at radius 1 is 1.12 bits per heavy atom. The third-order valence-corrected chi connectivity index (χ3v) is 4.43. The zero-order chi connectivity index (χ0) is 17.6. The molecular formula is C21H23NO3. The molecule has 0 aliphatic carbocycles. The van der Waals surface area contributed by atoms with Crippen molar-refractivity contribution in [3.8, 4) is 5.75 Å². The van der Waals surface area contributed by atoms with E-state index in [4.69, 9.17) is 9.84 Å². The highest BCUT2D eigenvalue weighted by molar-refractivity contribution is 5.84. The Balaban J connectivity index is 1.83. The van der Waals surface area contributed by atoms with Gasteiger partial charge in [-0.25, -0.2) is 0 Å². The van der Waals surface area contributed by atoms with Gasteiger partial charge in [0.25, 0.3) is 0 Å². The fraction of sp³-hybridized carbons (Fsp3) is 0.286. The maximum Gasteiger partial charge on any atom is 0.304 e. The van der Waals surface area contributed by atoms with Crippen LogP contribution >= 0.6 is 0 Å². The number of carboxylic acid groups (broad SMARTS) is 1. The van der Waals surface area contributed by atoms with E-state index in [1.54, 1.807) is 0 Å². The average molecular weight is 337 g/mol. The Morgan fingerprint density at radius 3 is 2.64 bits per heavy atom. The first-order chi connectivity index (χ1) is 12.1. The molecule has 3 rings (SSSR count). The predicted molar refractivity (Wildman–Crippen MR) is 98.7 cm³/mol. The van der Waals surface area contributed by atoms with Crippen molar-refractivity contribution in [3.63, 3.8) is 0 Å². The van der Waals surface area contributed by atoms with Crippen molar-refractivity contribution in [2.24, 2.45) is 0 Å². The van der Waals surface area contributed by atoms with E-state index in [2.05, 4.69) is 35.2 Å². The Kier molecular flexibility index (Phi) is 5.51. The van der Waals surface area contributed by atoms with Crippen molar-refractivity contribution in [1.82, 2.24) is 4.90 Å². The van der Waals surface area contributed by atoms with Gasteiger partial charge in [0.1, 0.15) is 12.4 Å². The minimum atomic E-state index is -0.756. The number of benzene rings is 2. The van der Waals surface area contributed by atoms with Crippen LogP contribution in [0.15, 0.2) is 54.6 Å². The zero-order valence-electron chi connectivity index (χ0n) is 14.4. The Morgan fingerprint density at radius 2 is 1.84 bits per heavy atom. The lowest BCUT2D eigenvalue weighted by Crippen LogP contribution is -2.22.